The van der Waals surface area contributed by atoms with Crippen LogP contribution < -0.4 is 4.46 Å². The molecule has 0 N–H and O–H groups in total. The number of alkyl halides is 3. The van der Waals surface area contributed by atoms with E-state index in [2.05, 4.69) is 12.1 Å². The van der Waals surface area contributed by atoms with Crippen LogP contribution in [0.1, 0.15) is 11.1 Å². The zero-order valence-corrected chi connectivity index (χ0v) is 11.9. The molecule has 0 saturated heterocycles. The Morgan fingerprint density at radius 2 is 1.47 bits per heavy atom. The molecule has 0 amide bonds. The SMILES string of the molecule is FC(F)(F)c1ccc(CC[Se]c2ccccc2)cc1. The van der Waals surface area contributed by atoms with E-state index < -0.39 is 11.7 Å². The first-order valence-electron chi connectivity index (χ1n) is 5.90. The van der Waals surface area contributed by atoms with E-state index in [4.69, 9.17) is 0 Å². The molecule has 0 saturated carbocycles. The Balaban J connectivity index is 1.87. The summed E-state index contributed by atoms with van der Waals surface area (Å²) < 4.78 is 38.5. The molecule has 0 heterocycles. The Morgan fingerprint density at radius 3 is 2.05 bits per heavy atom. The van der Waals surface area contributed by atoms with Crippen LogP contribution in [-0.4, -0.2) is 15.0 Å². The van der Waals surface area contributed by atoms with Crippen molar-refractivity contribution < 1.29 is 13.2 Å². The van der Waals surface area contributed by atoms with Crippen molar-refractivity contribution >= 4 is 19.4 Å². The number of aryl methyl sites for hydroxylation is 1. The van der Waals surface area contributed by atoms with Crippen LogP contribution in [0, 0.1) is 0 Å². The average Bonchev–Trinajstić information content (AvgIpc) is 2.39. The van der Waals surface area contributed by atoms with Crippen molar-refractivity contribution in [2.75, 3.05) is 0 Å². The molecule has 2 aromatic carbocycles. The molecule has 2 aromatic rings. The van der Waals surface area contributed by atoms with E-state index >= 15 is 0 Å². The second-order valence-corrected chi connectivity index (χ2v) is 6.56. The van der Waals surface area contributed by atoms with Crippen molar-refractivity contribution in [1.82, 2.24) is 0 Å². The number of hydrogen-bond donors (Lipinski definition) is 0. The second-order valence-electron chi connectivity index (χ2n) is 4.11. The predicted octanol–water partition coefficient (Wildman–Crippen LogP) is 3.70. The van der Waals surface area contributed by atoms with E-state index in [1.165, 1.54) is 4.46 Å². The molecular weight excluding hydrogens is 316 g/mol. The molecule has 0 bridgehead atoms. The summed E-state index contributed by atoms with van der Waals surface area (Å²) >= 11 is 0.379. The monoisotopic (exact) mass is 330 g/mol. The minimum absolute atomic E-state index is 0.379. The van der Waals surface area contributed by atoms with E-state index in [0.717, 1.165) is 29.4 Å². The topological polar surface area (TPSA) is 0 Å². The van der Waals surface area contributed by atoms with Crippen molar-refractivity contribution in [3.8, 4) is 0 Å². The normalized spacial score (nSPS) is 11.5. The van der Waals surface area contributed by atoms with Crippen LogP contribution in [0.25, 0.3) is 0 Å². The van der Waals surface area contributed by atoms with Crippen molar-refractivity contribution in [2.24, 2.45) is 0 Å². The minimum atomic E-state index is -4.24. The Hall–Kier alpha value is -1.25. The van der Waals surface area contributed by atoms with Gasteiger partial charge in [0.25, 0.3) is 0 Å². The van der Waals surface area contributed by atoms with Crippen molar-refractivity contribution in [3.63, 3.8) is 0 Å². The van der Waals surface area contributed by atoms with Crippen LogP contribution in [0.15, 0.2) is 54.6 Å². The van der Waals surface area contributed by atoms with Crippen LogP contribution in [0.3, 0.4) is 0 Å². The van der Waals surface area contributed by atoms with Crippen LogP contribution >= 0.6 is 0 Å². The number of rotatable bonds is 4. The quantitative estimate of drug-likeness (QED) is 0.751. The molecule has 100 valence electrons. The summed E-state index contributed by atoms with van der Waals surface area (Å²) in [5.74, 6) is 0. The molecular formula is C15H13F3Se. The number of hydrogen-bond acceptors (Lipinski definition) is 0. The van der Waals surface area contributed by atoms with Crippen LogP contribution in [-0.2, 0) is 12.6 Å². The van der Waals surface area contributed by atoms with Gasteiger partial charge in [0, 0.05) is 0 Å². The van der Waals surface area contributed by atoms with Gasteiger partial charge in [0.05, 0.1) is 0 Å². The third-order valence-corrected chi connectivity index (χ3v) is 4.81. The summed E-state index contributed by atoms with van der Waals surface area (Å²) in [6.45, 7) is 0. The molecule has 0 nitrogen and oxygen atoms in total. The first-order valence-corrected chi connectivity index (χ1v) is 7.96. The Kier molecular flexibility index (Phi) is 4.67. The molecule has 0 radical (unpaired) electrons. The average molecular weight is 329 g/mol. The van der Waals surface area contributed by atoms with E-state index in [9.17, 15) is 13.2 Å². The summed E-state index contributed by atoms with van der Waals surface area (Å²) in [5, 5.41) is 1.00. The van der Waals surface area contributed by atoms with E-state index in [1.54, 1.807) is 12.1 Å². The molecule has 2 rings (SSSR count). The summed E-state index contributed by atoms with van der Waals surface area (Å²) in [5.41, 5.74) is 0.385. The zero-order valence-electron chi connectivity index (χ0n) is 10.2. The van der Waals surface area contributed by atoms with Gasteiger partial charge in [-0.2, -0.15) is 0 Å². The predicted molar refractivity (Wildman–Crippen MR) is 71.8 cm³/mol. The van der Waals surface area contributed by atoms with Gasteiger partial charge in [-0.3, -0.25) is 0 Å². The van der Waals surface area contributed by atoms with Crippen molar-refractivity contribution in [3.05, 3.63) is 65.7 Å². The third kappa shape index (κ3) is 4.41. The van der Waals surface area contributed by atoms with Gasteiger partial charge in [-0.05, 0) is 0 Å². The van der Waals surface area contributed by atoms with Gasteiger partial charge in [-0.25, -0.2) is 0 Å². The Bertz CT molecular complexity index is 503. The van der Waals surface area contributed by atoms with Gasteiger partial charge < -0.3 is 0 Å². The third-order valence-electron chi connectivity index (χ3n) is 2.68. The molecule has 0 atom stereocenters. The molecule has 4 heteroatoms. The first kappa shape index (κ1) is 14.2. The molecule has 0 aliphatic rings. The van der Waals surface area contributed by atoms with Gasteiger partial charge in [0.15, 0.2) is 0 Å². The van der Waals surface area contributed by atoms with Crippen LogP contribution in [0.4, 0.5) is 13.2 Å². The van der Waals surface area contributed by atoms with Crippen LogP contribution in [0.2, 0.25) is 5.32 Å². The fourth-order valence-corrected chi connectivity index (χ4v) is 3.60. The molecule has 0 spiro atoms. The molecule has 0 aromatic heterocycles. The molecule has 19 heavy (non-hydrogen) atoms. The molecule has 0 aliphatic carbocycles. The summed E-state index contributed by atoms with van der Waals surface area (Å²) in [7, 11) is 0. The number of halogens is 3. The maximum atomic E-state index is 12.4. The van der Waals surface area contributed by atoms with Gasteiger partial charge in [-0.15, -0.1) is 0 Å². The van der Waals surface area contributed by atoms with Crippen molar-refractivity contribution in [1.29, 1.82) is 0 Å². The molecule has 0 aliphatic heterocycles. The van der Waals surface area contributed by atoms with Crippen LogP contribution in [0.5, 0.6) is 0 Å². The standard InChI is InChI=1S/C15H13F3Se/c16-15(17,18)13-8-6-12(7-9-13)10-11-19-14-4-2-1-3-5-14/h1-9H,10-11H2. The summed E-state index contributed by atoms with van der Waals surface area (Å²) in [4.78, 5) is 0. The summed E-state index contributed by atoms with van der Waals surface area (Å²) in [6, 6.07) is 15.6. The maximum absolute atomic E-state index is 12.4. The molecule has 0 fully saturated rings. The van der Waals surface area contributed by atoms with Gasteiger partial charge in [0.1, 0.15) is 0 Å². The first-order chi connectivity index (χ1) is 9.05. The van der Waals surface area contributed by atoms with Crippen molar-refractivity contribution in [2.45, 2.75) is 17.9 Å². The van der Waals surface area contributed by atoms with Gasteiger partial charge in [0.2, 0.25) is 0 Å². The summed E-state index contributed by atoms with van der Waals surface area (Å²) in [6.07, 6.45) is -3.42. The van der Waals surface area contributed by atoms with E-state index in [1.807, 2.05) is 18.2 Å². The molecule has 0 unspecified atom stereocenters. The zero-order chi connectivity index (χ0) is 13.7. The Labute approximate surface area is 116 Å². The number of benzene rings is 2. The van der Waals surface area contributed by atoms with E-state index in [0.29, 0.717) is 15.0 Å². The van der Waals surface area contributed by atoms with Gasteiger partial charge >= 0.3 is 116 Å². The van der Waals surface area contributed by atoms with Gasteiger partial charge in [-0.1, -0.05) is 0 Å². The van der Waals surface area contributed by atoms with E-state index in [-0.39, 0.29) is 0 Å². The fraction of sp³-hybridized carbons (Fsp3) is 0.200. The Morgan fingerprint density at radius 1 is 0.842 bits per heavy atom. The fourth-order valence-electron chi connectivity index (χ4n) is 1.66. The second kappa shape index (κ2) is 6.27.